The summed E-state index contributed by atoms with van der Waals surface area (Å²) < 4.78 is 31.8. The van der Waals surface area contributed by atoms with Gasteiger partial charge in [-0.1, -0.05) is 12.1 Å². The zero-order valence-corrected chi connectivity index (χ0v) is 18.0. The lowest BCUT2D eigenvalue weighted by Gasteiger charge is -2.12. The Bertz CT molecular complexity index is 736. The van der Waals surface area contributed by atoms with Crippen molar-refractivity contribution >= 4 is 29.9 Å². The highest BCUT2D eigenvalue weighted by atomic mass is 127. The second kappa shape index (κ2) is 11.7. The fourth-order valence-corrected chi connectivity index (χ4v) is 2.48. The van der Waals surface area contributed by atoms with Crippen LogP contribution < -0.4 is 15.4 Å². The van der Waals surface area contributed by atoms with Crippen LogP contribution in [0.4, 0.5) is 8.78 Å². The molecule has 0 spiro atoms. The van der Waals surface area contributed by atoms with Gasteiger partial charge in [-0.15, -0.1) is 24.0 Å². The summed E-state index contributed by atoms with van der Waals surface area (Å²) in [7, 11) is 1.66. The summed E-state index contributed by atoms with van der Waals surface area (Å²) in [6, 6.07) is 6.10. The molecule has 2 rings (SSSR count). The van der Waals surface area contributed by atoms with E-state index in [1.165, 1.54) is 12.4 Å². The maximum absolute atomic E-state index is 12.8. The molecule has 1 aromatic carbocycles. The lowest BCUT2D eigenvalue weighted by atomic mass is 10.1. The third-order valence-corrected chi connectivity index (χ3v) is 3.86. The van der Waals surface area contributed by atoms with Crippen molar-refractivity contribution in [2.75, 3.05) is 20.2 Å². The summed E-state index contributed by atoms with van der Waals surface area (Å²) in [6.45, 7) is 2.73. The van der Waals surface area contributed by atoms with Crippen molar-refractivity contribution in [1.82, 2.24) is 20.2 Å². The Morgan fingerprint density at radius 3 is 2.78 bits per heavy atom. The van der Waals surface area contributed by atoms with Crippen LogP contribution in [-0.4, -0.2) is 35.7 Å². The topological polar surface area (TPSA) is 63.5 Å². The third kappa shape index (κ3) is 6.96. The highest BCUT2D eigenvalue weighted by Gasteiger charge is 2.11. The average molecular weight is 493 g/mol. The van der Waals surface area contributed by atoms with Gasteiger partial charge in [-0.25, -0.2) is 9.98 Å². The Kier molecular flexibility index (Phi) is 10.0. The number of halogens is 3. The highest BCUT2D eigenvalue weighted by molar-refractivity contribution is 14.0. The van der Waals surface area contributed by atoms with Crippen LogP contribution in [0.25, 0.3) is 0 Å². The van der Waals surface area contributed by atoms with Crippen LogP contribution >= 0.6 is 24.0 Å². The van der Waals surface area contributed by atoms with Crippen LogP contribution in [0.5, 0.6) is 5.75 Å². The van der Waals surface area contributed by atoms with Gasteiger partial charge >= 0.3 is 6.55 Å². The van der Waals surface area contributed by atoms with E-state index in [0.717, 1.165) is 27.9 Å². The lowest BCUT2D eigenvalue weighted by molar-refractivity contribution is 0.0671. The van der Waals surface area contributed by atoms with Gasteiger partial charge in [0, 0.05) is 25.5 Å². The number of aliphatic imine (C=N–C) groups is 1. The number of imidazole rings is 1. The first-order valence-corrected chi connectivity index (χ1v) is 8.50. The second-order valence-corrected chi connectivity index (χ2v) is 5.70. The molecule has 150 valence electrons. The van der Waals surface area contributed by atoms with E-state index in [1.807, 2.05) is 26.0 Å². The minimum atomic E-state index is -2.62. The SMILES string of the molecule is CCNC(=NCc1nccn1C(F)F)NCCc1ccc(C)c(OC)c1.I. The molecule has 0 saturated heterocycles. The molecule has 0 unspecified atom stereocenters. The molecular formula is C18H26F2IN5O. The summed E-state index contributed by atoms with van der Waals surface area (Å²) >= 11 is 0. The monoisotopic (exact) mass is 493 g/mol. The molecule has 9 heteroatoms. The first-order chi connectivity index (χ1) is 12.5. The predicted molar refractivity (Wildman–Crippen MR) is 113 cm³/mol. The normalized spacial score (nSPS) is 11.3. The number of nitrogens with one attached hydrogen (secondary N) is 2. The van der Waals surface area contributed by atoms with Gasteiger partial charge in [0.25, 0.3) is 0 Å². The number of ether oxygens (including phenoxy) is 1. The number of hydrogen-bond acceptors (Lipinski definition) is 3. The number of benzene rings is 1. The molecule has 0 aliphatic heterocycles. The molecule has 27 heavy (non-hydrogen) atoms. The van der Waals surface area contributed by atoms with Crippen LogP contribution in [0, 0.1) is 6.92 Å². The minimum absolute atomic E-state index is 0. The van der Waals surface area contributed by atoms with Crippen LogP contribution in [0.2, 0.25) is 0 Å². The molecule has 0 saturated carbocycles. The van der Waals surface area contributed by atoms with E-state index in [4.69, 9.17) is 4.74 Å². The Balaban J connectivity index is 0.00000364. The van der Waals surface area contributed by atoms with Gasteiger partial charge in [0.2, 0.25) is 0 Å². The van der Waals surface area contributed by atoms with Crippen molar-refractivity contribution in [3.8, 4) is 5.75 Å². The van der Waals surface area contributed by atoms with Crippen molar-refractivity contribution in [2.45, 2.75) is 33.4 Å². The number of alkyl halides is 2. The number of aromatic nitrogens is 2. The fraction of sp³-hybridized carbons (Fsp3) is 0.444. The molecule has 6 nitrogen and oxygen atoms in total. The summed E-state index contributed by atoms with van der Waals surface area (Å²) in [5.41, 5.74) is 2.23. The minimum Gasteiger partial charge on any atom is -0.496 e. The van der Waals surface area contributed by atoms with Gasteiger partial charge in [-0.2, -0.15) is 8.78 Å². The molecule has 0 bridgehead atoms. The van der Waals surface area contributed by atoms with E-state index in [1.54, 1.807) is 7.11 Å². The number of rotatable bonds is 8. The summed E-state index contributed by atoms with van der Waals surface area (Å²) in [5, 5.41) is 6.31. The molecule has 1 aromatic heterocycles. The van der Waals surface area contributed by atoms with Crippen LogP contribution in [0.3, 0.4) is 0 Å². The second-order valence-electron chi connectivity index (χ2n) is 5.70. The first kappa shape index (κ1) is 23.1. The first-order valence-electron chi connectivity index (χ1n) is 8.50. The van der Waals surface area contributed by atoms with Gasteiger partial charge in [-0.3, -0.25) is 4.57 Å². The fourth-order valence-electron chi connectivity index (χ4n) is 2.48. The van der Waals surface area contributed by atoms with E-state index in [9.17, 15) is 8.78 Å². The van der Waals surface area contributed by atoms with E-state index in [-0.39, 0.29) is 36.3 Å². The average Bonchev–Trinajstić information content (AvgIpc) is 3.10. The molecule has 0 amide bonds. The molecule has 1 heterocycles. The van der Waals surface area contributed by atoms with Crippen molar-refractivity contribution in [1.29, 1.82) is 0 Å². The van der Waals surface area contributed by atoms with Gasteiger partial charge in [0.05, 0.1) is 7.11 Å². The Hall–Kier alpha value is -1.91. The summed E-state index contributed by atoms with van der Waals surface area (Å²) in [5.74, 6) is 1.65. The number of methoxy groups -OCH3 is 1. The zero-order chi connectivity index (χ0) is 18.9. The Morgan fingerprint density at radius 1 is 1.33 bits per heavy atom. The zero-order valence-electron chi connectivity index (χ0n) is 15.7. The highest BCUT2D eigenvalue weighted by Crippen LogP contribution is 2.19. The quantitative estimate of drug-likeness (QED) is 0.336. The lowest BCUT2D eigenvalue weighted by Crippen LogP contribution is -2.38. The predicted octanol–water partition coefficient (Wildman–Crippen LogP) is 3.51. The number of nitrogens with zero attached hydrogens (tertiary/aromatic N) is 3. The molecule has 0 fully saturated rings. The van der Waals surface area contributed by atoms with Crippen LogP contribution in [-0.2, 0) is 13.0 Å². The molecule has 2 N–H and O–H groups in total. The smallest absolute Gasteiger partial charge is 0.319 e. The van der Waals surface area contributed by atoms with Crippen molar-refractivity contribution in [2.24, 2.45) is 4.99 Å². The van der Waals surface area contributed by atoms with Gasteiger partial charge in [0.15, 0.2) is 5.96 Å². The van der Waals surface area contributed by atoms with Crippen molar-refractivity contribution < 1.29 is 13.5 Å². The van der Waals surface area contributed by atoms with E-state index in [0.29, 0.717) is 19.0 Å². The van der Waals surface area contributed by atoms with Gasteiger partial charge < -0.3 is 15.4 Å². The third-order valence-electron chi connectivity index (χ3n) is 3.86. The van der Waals surface area contributed by atoms with E-state index >= 15 is 0 Å². The van der Waals surface area contributed by atoms with E-state index in [2.05, 4.69) is 26.7 Å². The Labute approximate surface area is 175 Å². The van der Waals surface area contributed by atoms with Crippen molar-refractivity contribution in [3.05, 3.63) is 47.5 Å². The maximum Gasteiger partial charge on any atom is 0.319 e. The molecule has 2 aromatic rings. The molecular weight excluding hydrogens is 467 g/mol. The largest absolute Gasteiger partial charge is 0.496 e. The molecule has 0 atom stereocenters. The molecule has 0 radical (unpaired) electrons. The van der Waals surface area contributed by atoms with Crippen molar-refractivity contribution in [3.63, 3.8) is 0 Å². The van der Waals surface area contributed by atoms with E-state index < -0.39 is 6.55 Å². The molecule has 0 aliphatic carbocycles. The maximum atomic E-state index is 12.8. The summed E-state index contributed by atoms with van der Waals surface area (Å²) in [4.78, 5) is 8.26. The van der Waals surface area contributed by atoms with Crippen LogP contribution in [0.1, 0.15) is 30.4 Å². The van der Waals surface area contributed by atoms with Gasteiger partial charge in [0.1, 0.15) is 18.1 Å². The Morgan fingerprint density at radius 2 is 2.11 bits per heavy atom. The molecule has 0 aliphatic rings. The number of aryl methyl sites for hydroxylation is 1. The van der Waals surface area contributed by atoms with Crippen LogP contribution in [0.15, 0.2) is 35.6 Å². The summed E-state index contributed by atoms with van der Waals surface area (Å²) in [6.07, 6.45) is 3.38. The van der Waals surface area contributed by atoms with Gasteiger partial charge in [-0.05, 0) is 37.5 Å². The number of hydrogen-bond donors (Lipinski definition) is 2. The number of guanidine groups is 1. The standard InChI is InChI=1S/C18H25F2N5O.HI/c1-4-21-18(24-12-16-22-9-10-25(16)17(19)20)23-8-7-14-6-5-13(2)15(11-14)26-3;/h5-6,9-11,17H,4,7-8,12H2,1-3H3,(H2,21,23,24);1H.